The van der Waals surface area contributed by atoms with Gasteiger partial charge < -0.3 is 5.32 Å². The molecule has 0 fully saturated rings. The van der Waals surface area contributed by atoms with Crippen molar-refractivity contribution in [2.24, 2.45) is 0 Å². The van der Waals surface area contributed by atoms with Crippen molar-refractivity contribution in [1.29, 1.82) is 0 Å². The molecule has 6 rings (SSSR count). The normalized spacial score (nSPS) is 15.5. The number of halogens is 11. The number of thioether (sulfide) groups is 1. The van der Waals surface area contributed by atoms with Gasteiger partial charge in [-0.3, -0.25) is 19.0 Å². The van der Waals surface area contributed by atoms with E-state index < -0.39 is 101 Å². The number of pyridine rings is 1. The Balaban J connectivity index is 1.61. The van der Waals surface area contributed by atoms with Gasteiger partial charge in [0.1, 0.15) is 36.1 Å². The van der Waals surface area contributed by atoms with Crippen LogP contribution < -0.4 is 9.62 Å². The third-order valence-corrected chi connectivity index (χ3v) is 12.2. The number of amides is 2. The number of hydrogen-bond acceptors (Lipinski definition) is 7. The number of rotatable bonds is 11. The second-order valence-electron chi connectivity index (χ2n) is 15.2. The minimum Gasteiger partial charge on any atom is -0.346 e. The second kappa shape index (κ2) is 17.6. The molecule has 336 valence electrons. The molecule has 0 saturated carbocycles. The first-order chi connectivity index (χ1) is 29.2. The molecule has 0 aliphatic heterocycles. The lowest BCUT2D eigenvalue weighted by atomic mass is 9.93. The van der Waals surface area contributed by atoms with E-state index in [1.807, 2.05) is 13.8 Å². The molecule has 1 aliphatic carbocycles. The molecule has 0 spiro atoms. The van der Waals surface area contributed by atoms with Crippen molar-refractivity contribution in [3.05, 3.63) is 93.0 Å². The monoisotopic (exact) mass is 947 g/mol. The standard InChI is InChI=1S/C41H36ClF10N7O2S2/c1-20-17-39(45,46)36-31(20)35(41(50,51)52)55-57(36)18-30(61)54-29(15-22-13-23(43)16-24(44)14-22)33-26(8-7-25(53-33)11-12-38(3,4)62-5)27-9-10-28(42)32-34(27)58(19-40(47,48)49)56-37(32)59(63-6)21(2)60/h7-10,13-14,16,20,29H,15,17-19H2,1-6H3,(H,54,61)/t20-,29?/m0/s1. The van der Waals surface area contributed by atoms with Crippen LogP contribution in [-0.2, 0) is 41.2 Å². The van der Waals surface area contributed by atoms with Crippen LogP contribution in [0.25, 0.3) is 22.0 Å². The van der Waals surface area contributed by atoms with Gasteiger partial charge in [0, 0.05) is 42.4 Å². The van der Waals surface area contributed by atoms with Crippen LogP contribution >= 0.6 is 35.3 Å². The van der Waals surface area contributed by atoms with E-state index >= 15 is 8.78 Å². The number of nitrogens with zero attached hydrogens (tertiary/aromatic N) is 6. The van der Waals surface area contributed by atoms with E-state index in [9.17, 15) is 44.7 Å². The van der Waals surface area contributed by atoms with Gasteiger partial charge in [0.05, 0.1) is 32.4 Å². The van der Waals surface area contributed by atoms with Gasteiger partial charge in [-0.2, -0.15) is 45.3 Å². The van der Waals surface area contributed by atoms with E-state index in [2.05, 4.69) is 27.4 Å². The fourth-order valence-electron chi connectivity index (χ4n) is 7.37. The average Bonchev–Trinajstić information content (AvgIpc) is 3.80. The Labute approximate surface area is 367 Å². The maximum Gasteiger partial charge on any atom is 0.435 e. The number of nitrogens with one attached hydrogen (secondary N) is 1. The molecule has 9 nitrogen and oxygen atoms in total. The highest BCUT2D eigenvalue weighted by Gasteiger charge is 2.53. The van der Waals surface area contributed by atoms with E-state index in [-0.39, 0.29) is 54.5 Å². The number of benzene rings is 2. The molecule has 0 radical (unpaired) electrons. The molecule has 2 atom stereocenters. The summed E-state index contributed by atoms with van der Waals surface area (Å²) in [4.78, 5) is 31.5. The highest BCUT2D eigenvalue weighted by atomic mass is 35.5. The molecule has 5 aromatic rings. The largest absolute Gasteiger partial charge is 0.435 e. The lowest BCUT2D eigenvalue weighted by molar-refractivity contribution is -0.143. The minimum absolute atomic E-state index is 0.0124. The number of fused-ring (bicyclic) bond motifs is 2. The lowest BCUT2D eigenvalue weighted by Crippen LogP contribution is -2.35. The summed E-state index contributed by atoms with van der Waals surface area (Å²) >= 11 is 8.88. The summed E-state index contributed by atoms with van der Waals surface area (Å²) in [6.45, 7) is 3.10. The Morgan fingerprint density at radius 3 is 2.24 bits per heavy atom. The first-order valence-corrected chi connectivity index (χ1v) is 21.5. The Bertz CT molecular complexity index is 2650. The van der Waals surface area contributed by atoms with E-state index in [4.69, 9.17) is 16.6 Å². The molecule has 1 unspecified atom stereocenters. The van der Waals surface area contributed by atoms with Gasteiger partial charge in [0.25, 0.3) is 5.92 Å². The summed E-state index contributed by atoms with van der Waals surface area (Å²) in [5, 5.41) is 9.93. The molecule has 2 amide bonds. The molecular formula is C41H36ClF10N7O2S2. The number of hydrogen-bond donors (Lipinski definition) is 1. The first-order valence-electron chi connectivity index (χ1n) is 18.7. The molecule has 3 heterocycles. The van der Waals surface area contributed by atoms with Gasteiger partial charge in [-0.25, -0.2) is 18.1 Å². The van der Waals surface area contributed by atoms with Crippen LogP contribution in [0.4, 0.5) is 49.7 Å². The van der Waals surface area contributed by atoms with Crippen molar-refractivity contribution in [3.8, 4) is 23.0 Å². The maximum absolute atomic E-state index is 15.3. The van der Waals surface area contributed by atoms with Gasteiger partial charge in [-0.15, -0.1) is 11.8 Å². The fourth-order valence-corrected chi connectivity index (χ4v) is 8.31. The third-order valence-electron chi connectivity index (χ3n) is 10.0. The van der Waals surface area contributed by atoms with Crippen molar-refractivity contribution < 1.29 is 53.5 Å². The summed E-state index contributed by atoms with van der Waals surface area (Å²) in [7, 11) is 0. The predicted molar refractivity (Wildman–Crippen MR) is 220 cm³/mol. The zero-order chi connectivity index (χ0) is 46.6. The molecule has 3 aromatic heterocycles. The Morgan fingerprint density at radius 1 is 1.00 bits per heavy atom. The number of carbonyl (C=O) groups is 2. The molecule has 1 aliphatic rings. The summed E-state index contributed by atoms with van der Waals surface area (Å²) in [5.41, 5.74) is -3.96. The van der Waals surface area contributed by atoms with Gasteiger partial charge in [0.2, 0.25) is 11.8 Å². The Morgan fingerprint density at radius 2 is 1.65 bits per heavy atom. The molecule has 63 heavy (non-hydrogen) atoms. The van der Waals surface area contributed by atoms with Crippen LogP contribution in [-0.4, -0.2) is 59.8 Å². The first kappa shape index (κ1) is 47.5. The number of aromatic nitrogens is 5. The minimum atomic E-state index is -5.16. The predicted octanol–water partition coefficient (Wildman–Crippen LogP) is 10.6. The summed E-state index contributed by atoms with van der Waals surface area (Å²) < 4.78 is 146. The van der Waals surface area contributed by atoms with Crippen molar-refractivity contribution in [3.63, 3.8) is 0 Å². The molecule has 0 saturated heterocycles. The highest BCUT2D eigenvalue weighted by Crippen LogP contribution is 2.52. The van der Waals surface area contributed by atoms with Crippen molar-refractivity contribution in [2.45, 2.75) is 88.6 Å². The molecular weight excluding hydrogens is 912 g/mol. The Hall–Kier alpha value is -4.94. The lowest BCUT2D eigenvalue weighted by Gasteiger charge is -2.23. The summed E-state index contributed by atoms with van der Waals surface area (Å²) in [6.07, 6.45) is -8.23. The van der Waals surface area contributed by atoms with Crippen molar-refractivity contribution in [1.82, 2.24) is 29.9 Å². The van der Waals surface area contributed by atoms with Crippen LogP contribution in [0.3, 0.4) is 0 Å². The molecule has 0 bridgehead atoms. The summed E-state index contributed by atoms with van der Waals surface area (Å²) in [6, 6.07) is 6.37. The zero-order valence-corrected chi connectivity index (χ0v) is 36.4. The second-order valence-corrected chi connectivity index (χ2v) is 17.7. The van der Waals surface area contributed by atoms with Gasteiger partial charge in [-0.05, 0) is 86.2 Å². The number of anilines is 1. The highest BCUT2D eigenvalue weighted by molar-refractivity contribution is 8.00. The fraction of sp³-hybridized carbons (Fsp3) is 0.390. The molecule has 1 N–H and O–H groups in total. The van der Waals surface area contributed by atoms with E-state index in [1.165, 1.54) is 49.2 Å². The third kappa shape index (κ3) is 10.2. The van der Waals surface area contributed by atoms with E-state index in [1.54, 1.807) is 6.26 Å². The summed E-state index contributed by atoms with van der Waals surface area (Å²) in [5.74, 6) is -3.22. The Kier molecular flexibility index (Phi) is 13.2. The van der Waals surface area contributed by atoms with Crippen molar-refractivity contribution in [2.75, 3.05) is 16.8 Å². The van der Waals surface area contributed by atoms with Gasteiger partial charge in [-0.1, -0.05) is 30.5 Å². The SMILES string of the molecule is CSN(C(C)=O)c1nn(CC(F)(F)F)c2c(-c3ccc(C#CC(C)(C)SC)nc3C(Cc3cc(F)cc(F)c3)NC(=O)Cn3nc(C(F)(F)F)c4c3C(F)(F)C[C@@H]4C)ccc(Cl)c12. The maximum atomic E-state index is 15.3. The van der Waals surface area contributed by atoms with E-state index in [0.717, 1.165) is 35.3 Å². The van der Waals surface area contributed by atoms with Crippen LogP contribution in [0.5, 0.6) is 0 Å². The number of carbonyl (C=O) groups excluding carboxylic acids is 2. The molecule has 22 heteroatoms. The molecule has 2 aromatic carbocycles. The zero-order valence-electron chi connectivity index (χ0n) is 34.0. The van der Waals surface area contributed by atoms with Crippen molar-refractivity contribution >= 4 is 63.8 Å². The quantitative estimate of drug-likeness (QED) is 0.0800. The topological polar surface area (TPSA) is 97.9 Å². The van der Waals surface area contributed by atoms with Crippen LogP contribution in [0.15, 0.2) is 42.5 Å². The van der Waals surface area contributed by atoms with Crippen LogP contribution in [0, 0.1) is 23.5 Å². The van der Waals surface area contributed by atoms with Crippen LogP contribution in [0.2, 0.25) is 5.02 Å². The average molecular weight is 948 g/mol. The number of alkyl halides is 8. The van der Waals surface area contributed by atoms with Gasteiger partial charge >= 0.3 is 12.4 Å². The smallest absolute Gasteiger partial charge is 0.346 e. The van der Waals surface area contributed by atoms with Crippen LogP contribution in [0.1, 0.15) is 80.0 Å². The van der Waals surface area contributed by atoms with Gasteiger partial charge in [0.15, 0.2) is 11.5 Å². The van der Waals surface area contributed by atoms with E-state index in [0.29, 0.717) is 10.7 Å².